The fraction of sp³-hybridized carbons (Fsp3) is 0.412. The molecule has 4 rings (SSSR count). The largest absolute Gasteiger partial charge is 0.425 e. The van der Waals surface area contributed by atoms with E-state index in [2.05, 4.69) is 42.0 Å². The summed E-state index contributed by atoms with van der Waals surface area (Å²) >= 11 is 1.56. The molecule has 0 atom stereocenters. The molecule has 25 heavy (non-hydrogen) atoms. The van der Waals surface area contributed by atoms with Gasteiger partial charge in [0.05, 0.1) is 11.4 Å². The number of thioether (sulfide) groups is 1. The van der Waals surface area contributed by atoms with Gasteiger partial charge in [0.15, 0.2) is 5.16 Å². The molecule has 0 unspecified atom stereocenters. The molecule has 8 heteroatoms. The zero-order valence-corrected chi connectivity index (χ0v) is 14.9. The standard InChI is InChI=1S/C17H20N6OS/c1-13-18-19-15(24-13)12-25-17-21-20-16(22-10-6-3-7-11-22)23(17)14-8-4-2-5-9-14/h2,4-5,8-9H,3,6-7,10-12H2,1H3. The molecular weight excluding hydrogens is 336 g/mol. The highest BCUT2D eigenvalue weighted by Gasteiger charge is 2.21. The zero-order chi connectivity index (χ0) is 17.1. The highest BCUT2D eigenvalue weighted by atomic mass is 32.2. The Morgan fingerprint density at radius 3 is 2.52 bits per heavy atom. The van der Waals surface area contributed by atoms with E-state index >= 15 is 0 Å². The van der Waals surface area contributed by atoms with Gasteiger partial charge < -0.3 is 9.32 Å². The SMILES string of the molecule is Cc1nnc(CSc2nnc(N3CCCCC3)n2-c2ccccc2)o1. The van der Waals surface area contributed by atoms with Crippen LogP contribution in [0.15, 0.2) is 39.9 Å². The third-order valence-electron chi connectivity index (χ3n) is 4.16. The highest BCUT2D eigenvalue weighted by Crippen LogP contribution is 2.29. The van der Waals surface area contributed by atoms with Crippen LogP contribution < -0.4 is 4.90 Å². The monoisotopic (exact) mass is 356 g/mol. The predicted molar refractivity (Wildman–Crippen MR) is 96.0 cm³/mol. The summed E-state index contributed by atoms with van der Waals surface area (Å²) in [5.41, 5.74) is 1.07. The molecule has 1 aliphatic heterocycles. The van der Waals surface area contributed by atoms with Crippen LogP contribution >= 0.6 is 11.8 Å². The van der Waals surface area contributed by atoms with E-state index in [-0.39, 0.29) is 0 Å². The average Bonchev–Trinajstić information content (AvgIpc) is 3.27. The summed E-state index contributed by atoms with van der Waals surface area (Å²) in [7, 11) is 0. The smallest absolute Gasteiger partial charge is 0.232 e. The van der Waals surface area contributed by atoms with Gasteiger partial charge in [0.1, 0.15) is 0 Å². The maximum Gasteiger partial charge on any atom is 0.232 e. The lowest BCUT2D eigenvalue weighted by Crippen LogP contribution is -2.31. The van der Waals surface area contributed by atoms with Crippen molar-refractivity contribution >= 4 is 17.7 Å². The number of hydrogen-bond donors (Lipinski definition) is 0. The van der Waals surface area contributed by atoms with Crippen LogP contribution in [0.4, 0.5) is 5.95 Å². The summed E-state index contributed by atoms with van der Waals surface area (Å²) < 4.78 is 7.59. The molecule has 0 saturated carbocycles. The van der Waals surface area contributed by atoms with Gasteiger partial charge in [0, 0.05) is 20.0 Å². The molecule has 0 N–H and O–H groups in total. The van der Waals surface area contributed by atoms with Gasteiger partial charge in [0.25, 0.3) is 0 Å². The number of benzene rings is 1. The lowest BCUT2D eigenvalue weighted by atomic mass is 10.1. The van der Waals surface area contributed by atoms with Crippen molar-refractivity contribution in [2.45, 2.75) is 37.1 Å². The zero-order valence-electron chi connectivity index (χ0n) is 14.1. The lowest BCUT2D eigenvalue weighted by Gasteiger charge is -2.27. The molecule has 0 spiro atoms. The second-order valence-corrected chi connectivity index (χ2v) is 6.95. The molecule has 2 aromatic heterocycles. The van der Waals surface area contributed by atoms with E-state index in [0.717, 1.165) is 29.9 Å². The van der Waals surface area contributed by atoms with Crippen LogP contribution in [0.25, 0.3) is 5.69 Å². The Morgan fingerprint density at radius 1 is 1.00 bits per heavy atom. The van der Waals surface area contributed by atoms with E-state index in [1.165, 1.54) is 19.3 Å². The minimum absolute atomic E-state index is 0.575. The first kappa shape index (κ1) is 16.1. The first-order valence-electron chi connectivity index (χ1n) is 8.49. The number of aromatic nitrogens is 5. The fourth-order valence-electron chi connectivity index (χ4n) is 2.98. The quantitative estimate of drug-likeness (QED) is 0.650. The minimum Gasteiger partial charge on any atom is -0.425 e. The molecule has 0 bridgehead atoms. The van der Waals surface area contributed by atoms with Gasteiger partial charge in [-0.3, -0.25) is 4.57 Å². The van der Waals surface area contributed by atoms with Gasteiger partial charge in [-0.15, -0.1) is 20.4 Å². The molecule has 1 fully saturated rings. The number of anilines is 1. The van der Waals surface area contributed by atoms with Crippen molar-refractivity contribution in [2.24, 2.45) is 0 Å². The normalized spacial score (nSPS) is 14.8. The van der Waals surface area contributed by atoms with Crippen molar-refractivity contribution in [1.29, 1.82) is 0 Å². The minimum atomic E-state index is 0.575. The van der Waals surface area contributed by atoms with Crippen molar-refractivity contribution in [2.75, 3.05) is 18.0 Å². The third kappa shape index (κ3) is 3.53. The fourth-order valence-corrected chi connectivity index (χ4v) is 3.76. The molecular formula is C17H20N6OS. The maximum atomic E-state index is 5.46. The Kier molecular flexibility index (Phi) is 4.69. The van der Waals surface area contributed by atoms with E-state index in [1.807, 2.05) is 18.2 Å². The molecule has 0 radical (unpaired) electrons. The van der Waals surface area contributed by atoms with Crippen LogP contribution in [0.3, 0.4) is 0 Å². The summed E-state index contributed by atoms with van der Waals surface area (Å²) in [6, 6.07) is 10.2. The molecule has 1 saturated heterocycles. The predicted octanol–water partition coefficient (Wildman–Crippen LogP) is 3.24. The third-order valence-corrected chi connectivity index (χ3v) is 5.08. The molecule has 130 valence electrons. The average molecular weight is 356 g/mol. The van der Waals surface area contributed by atoms with E-state index in [1.54, 1.807) is 18.7 Å². The number of rotatable bonds is 5. The van der Waals surface area contributed by atoms with Crippen LogP contribution in [-0.2, 0) is 5.75 Å². The Balaban J connectivity index is 1.64. The van der Waals surface area contributed by atoms with Crippen LogP contribution in [0.2, 0.25) is 0 Å². The van der Waals surface area contributed by atoms with Gasteiger partial charge in [-0.05, 0) is 31.4 Å². The summed E-state index contributed by atoms with van der Waals surface area (Å²) in [6.07, 6.45) is 3.69. The Labute approximate surface area is 150 Å². The summed E-state index contributed by atoms with van der Waals surface area (Å²) in [5, 5.41) is 17.7. The Morgan fingerprint density at radius 2 is 1.80 bits per heavy atom. The molecule has 7 nitrogen and oxygen atoms in total. The van der Waals surface area contributed by atoms with E-state index < -0.39 is 0 Å². The van der Waals surface area contributed by atoms with Crippen molar-refractivity contribution in [3.63, 3.8) is 0 Å². The number of hydrogen-bond acceptors (Lipinski definition) is 7. The summed E-state index contributed by atoms with van der Waals surface area (Å²) in [5.74, 6) is 2.67. The number of para-hydroxylation sites is 1. The van der Waals surface area contributed by atoms with E-state index in [9.17, 15) is 0 Å². The summed E-state index contributed by atoms with van der Waals surface area (Å²) in [6.45, 7) is 3.85. The topological polar surface area (TPSA) is 72.9 Å². The van der Waals surface area contributed by atoms with Gasteiger partial charge >= 0.3 is 0 Å². The number of piperidine rings is 1. The van der Waals surface area contributed by atoms with Crippen molar-refractivity contribution in [3.8, 4) is 5.69 Å². The molecule has 3 heterocycles. The molecule has 0 aliphatic carbocycles. The Bertz CT molecular complexity index is 825. The molecule has 1 aromatic carbocycles. The van der Waals surface area contributed by atoms with Crippen molar-refractivity contribution in [1.82, 2.24) is 25.0 Å². The van der Waals surface area contributed by atoms with Gasteiger partial charge in [-0.2, -0.15) is 0 Å². The van der Waals surface area contributed by atoms with E-state index in [4.69, 9.17) is 4.42 Å². The molecule has 0 amide bonds. The van der Waals surface area contributed by atoms with Gasteiger partial charge in [0.2, 0.25) is 17.7 Å². The highest BCUT2D eigenvalue weighted by molar-refractivity contribution is 7.98. The van der Waals surface area contributed by atoms with Crippen LogP contribution in [0, 0.1) is 6.92 Å². The van der Waals surface area contributed by atoms with Gasteiger partial charge in [-0.1, -0.05) is 30.0 Å². The number of nitrogens with zero attached hydrogens (tertiary/aromatic N) is 6. The second kappa shape index (κ2) is 7.26. The lowest BCUT2D eigenvalue weighted by molar-refractivity contribution is 0.485. The van der Waals surface area contributed by atoms with Crippen molar-refractivity contribution < 1.29 is 4.42 Å². The van der Waals surface area contributed by atoms with E-state index in [0.29, 0.717) is 17.5 Å². The Hall–Kier alpha value is -2.35. The number of aryl methyl sites for hydroxylation is 1. The van der Waals surface area contributed by atoms with Crippen LogP contribution in [0.5, 0.6) is 0 Å². The van der Waals surface area contributed by atoms with Crippen molar-refractivity contribution in [3.05, 3.63) is 42.1 Å². The van der Waals surface area contributed by atoms with Crippen LogP contribution in [-0.4, -0.2) is 38.1 Å². The first-order valence-corrected chi connectivity index (χ1v) is 9.47. The molecule has 1 aliphatic rings. The van der Waals surface area contributed by atoms with Gasteiger partial charge in [-0.25, -0.2) is 0 Å². The second-order valence-electron chi connectivity index (χ2n) is 6.00. The summed E-state index contributed by atoms with van der Waals surface area (Å²) in [4.78, 5) is 2.32. The maximum absolute atomic E-state index is 5.46. The van der Waals surface area contributed by atoms with Crippen LogP contribution in [0.1, 0.15) is 31.0 Å². The molecule has 3 aromatic rings. The first-order chi connectivity index (χ1) is 12.3.